The summed E-state index contributed by atoms with van der Waals surface area (Å²) in [4.78, 5) is 15.1. The third-order valence-corrected chi connectivity index (χ3v) is 8.20. The molecule has 3 heterocycles. The molecule has 0 amide bonds. The van der Waals surface area contributed by atoms with Gasteiger partial charge in [-0.05, 0) is 18.2 Å². The first-order chi connectivity index (χ1) is 18.8. The number of hydrogen-bond donors (Lipinski definition) is 0. The second kappa shape index (κ2) is 8.33. The highest BCUT2D eigenvalue weighted by atomic mass is 32.1. The third kappa shape index (κ3) is 3.19. The summed E-state index contributed by atoms with van der Waals surface area (Å²) in [7, 11) is 0. The number of fused-ring (bicyclic) bond motifs is 7. The van der Waals surface area contributed by atoms with E-state index in [1.54, 1.807) is 0 Å². The molecule has 38 heavy (non-hydrogen) atoms. The van der Waals surface area contributed by atoms with Crippen LogP contribution in [-0.2, 0) is 0 Å². The normalized spacial score (nSPS) is 11.7. The Labute approximate surface area is 222 Å². The van der Waals surface area contributed by atoms with Gasteiger partial charge in [0.05, 0.1) is 11.0 Å². The molecule has 0 N–H and O–H groups in total. The molecule has 0 saturated carbocycles. The van der Waals surface area contributed by atoms with Crippen LogP contribution in [0, 0.1) is 0 Å². The van der Waals surface area contributed by atoms with E-state index in [1.807, 2.05) is 72.0 Å². The number of benzene rings is 5. The molecule has 5 aromatic carbocycles. The lowest BCUT2D eigenvalue weighted by atomic mass is 10.1. The van der Waals surface area contributed by atoms with Gasteiger partial charge in [0.25, 0.3) is 0 Å². The highest BCUT2D eigenvalue weighted by Crippen LogP contribution is 2.42. The Hall–Kier alpha value is -4.87. The molecule has 4 nitrogen and oxygen atoms in total. The Bertz CT molecular complexity index is 2070. The molecule has 0 atom stereocenters. The Morgan fingerprint density at radius 1 is 0.474 bits per heavy atom. The van der Waals surface area contributed by atoms with Crippen molar-refractivity contribution in [3.63, 3.8) is 0 Å². The number of hydrogen-bond acceptors (Lipinski definition) is 4. The molecule has 0 unspecified atom stereocenters. The smallest absolute Gasteiger partial charge is 0.238 e. The number of para-hydroxylation sites is 1. The summed E-state index contributed by atoms with van der Waals surface area (Å²) in [6, 6.07) is 41.9. The molecule has 0 bridgehead atoms. The summed E-state index contributed by atoms with van der Waals surface area (Å²) in [6.07, 6.45) is 0. The van der Waals surface area contributed by atoms with Gasteiger partial charge in [-0.25, -0.2) is 4.98 Å². The van der Waals surface area contributed by atoms with Crippen molar-refractivity contribution in [1.29, 1.82) is 0 Å². The molecule has 0 saturated heterocycles. The fraction of sp³-hybridized carbons (Fsp3) is 0. The maximum Gasteiger partial charge on any atom is 0.238 e. The van der Waals surface area contributed by atoms with Gasteiger partial charge in [0.15, 0.2) is 11.6 Å². The number of nitrogens with zero attached hydrogens (tertiary/aromatic N) is 4. The quantitative estimate of drug-likeness (QED) is 0.242. The van der Waals surface area contributed by atoms with Crippen LogP contribution in [0.1, 0.15) is 0 Å². The molecule has 8 aromatic rings. The van der Waals surface area contributed by atoms with Crippen LogP contribution in [0.2, 0.25) is 0 Å². The fourth-order valence-electron chi connectivity index (χ4n) is 5.37. The minimum absolute atomic E-state index is 0.617. The minimum atomic E-state index is 0.617. The topological polar surface area (TPSA) is 43.6 Å². The van der Waals surface area contributed by atoms with E-state index in [0.717, 1.165) is 22.2 Å². The number of rotatable bonds is 3. The van der Waals surface area contributed by atoms with Crippen LogP contribution >= 0.6 is 11.3 Å². The summed E-state index contributed by atoms with van der Waals surface area (Å²) in [5.41, 5.74) is 4.13. The highest BCUT2D eigenvalue weighted by Gasteiger charge is 2.21. The molecule has 8 rings (SSSR count). The van der Waals surface area contributed by atoms with Gasteiger partial charge in [0, 0.05) is 42.1 Å². The van der Waals surface area contributed by atoms with Gasteiger partial charge in [-0.15, -0.1) is 11.3 Å². The van der Waals surface area contributed by atoms with Crippen molar-refractivity contribution in [3.05, 3.63) is 121 Å². The Morgan fingerprint density at radius 2 is 1.08 bits per heavy atom. The van der Waals surface area contributed by atoms with E-state index in [1.165, 1.54) is 30.9 Å². The lowest BCUT2D eigenvalue weighted by molar-refractivity contribution is 0.955. The summed E-state index contributed by atoms with van der Waals surface area (Å²) < 4.78 is 4.76. The Morgan fingerprint density at radius 3 is 1.79 bits per heavy atom. The van der Waals surface area contributed by atoms with Crippen LogP contribution in [-0.4, -0.2) is 19.5 Å². The zero-order valence-electron chi connectivity index (χ0n) is 20.2. The monoisotopic (exact) mass is 504 g/mol. The minimum Gasteiger partial charge on any atom is -0.277 e. The molecule has 178 valence electrons. The van der Waals surface area contributed by atoms with E-state index in [2.05, 4.69) is 65.2 Å². The Balaban J connectivity index is 1.54. The largest absolute Gasteiger partial charge is 0.277 e. The maximum atomic E-state index is 5.09. The zero-order valence-corrected chi connectivity index (χ0v) is 21.1. The van der Waals surface area contributed by atoms with Crippen LogP contribution in [0.15, 0.2) is 121 Å². The maximum absolute atomic E-state index is 5.09. The van der Waals surface area contributed by atoms with Gasteiger partial charge >= 0.3 is 0 Å². The van der Waals surface area contributed by atoms with E-state index in [0.29, 0.717) is 17.6 Å². The van der Waals surface area contributed by atoms with Gasteiger partial charge in [0.2, 0.25) is 5.95 Å². The first-order valence-electron chi connectivity index (χ1n) is 12.6. The van der Waals surface area contributed by atoms with Crippen molar-refractivity contribution in [2.75, 3.05) is 0 Å². The van der Waals surface area contributed by atoms with Crippen LogP contribution in [0.25, 0.3) is 70.7 Å². The van der Waals surface area contributed by atoms with Gasteiger partial charge in [-0.1, -0.05) is 103 Å². The Kier molecular flexibility index (Phi) is 4.66. The average Bonchev–Trinajstić information content (AvgIpc) is 3.53. The molecule has 0 spiro atoms. The van der Waals surface area contributed by atoms with Crippen LogP contribution < -0.4 is 0 Å². The summed E-state index contributed by atoms with van der Waals surface area (Å²) in [5.74, 6) is 1.93. The van der Waals surface area contributed by atoms with E-state index >= 15 is 0 Å². The van der Waals surface area contributed by atoms with Crippen LogP contribution in [0.4, 0.5) is 0 Å². The van der Waals surface area contributed by atoms with Gasteiger partial charge < -0.3 is 0 Å². The predicted octanol–water partition coefficient (Wildman–Crippen LogP) is 8.67. The molecule has 3 aromatic heterocycles. The lowest BCUT2D eigenvalue weighted by Crippen LogP contribution is -2.06. The van der Waals surface area contributed by atoms with Gasteiger partial charge in [-0.2, -0.15) is 9.97 Å². The van der Waals surface area contributed by atoms with Crippen molar-refractivity contribution >= 4 is 53.3 Å². The molecule has 0 aliphatic carbocycles. The standard InChI is InChI=1S/C33H20N4S/c1-3-11-21(12-4-1)31-34-32(22-13-5-2-6-14-22)36-33(35-31)37-26-17-9-7-15-23(26)24-19-20-28-29(30(24)37)25-16-8-10-18-27(25)38-28/h1-20H. The lowest BCUT2D eigenvalue weighted by Gasteiger charge is -2.11. The first-order valence-corrected chi connectivity index (χ1v) is 13.4. The van der Waals surface area contributed by atoms with E-state index in [-0.39, 0.29) is 0 Å². The number of thiophene rings is 1. The predicted molar refractivity (Wildman–Crippen MR) is 158 cm³/mol. The third-order valence-electron chi connectivity index (χ3n) is 7.06. The van der Waals surface area contributed by atoms with E-state index < -0.39 is 0 Å². The second-order valence-electron chi connectivity index (χ2n) is 9.30. The zero-order chi connectivity index (χ0) is 25.1. The summed E-state index contributed by atoms with van der Waals surface area (Å²) in [6.45, 7) is 0. The van der Waals surface area contributed by atoms with E-state index in [9.17, 15) is 0 Å². The SMILES string of the molecule is c1ccc(-c2nc(-c3ccccc3)nc(-n3c4ccccc4c4ccc5sc6ccccc6c5c43)n2)cc1. The van der Waals surface area contributed by atoms with Crippen molar-refractivity contribution < 1.29 is 0 Å². The molecular formula is C33H20N4S. The molecule has 0 fully saturated rings. The van der Waals surface area contributed by atoms with Gasteiger partial charge in [0.1, 0.15) is 0 Å². The van der Waals surface area contributed by atoms with E-state index in [4.69, 9.17) is 15.0 Å². The number of aromatic nitrogens is 4. The van der Waals surface area contributed by atoms with Crippen molar-refractivity contribution in [2.24, 2.45) is 0 Å². The van der Waals surface area contributed by atoms with Crippen molar-refractivity contribution in [2.45, 2.75) is 0 Å². The van der Waals surface area contributed by atoms with Gasteiger partial charge in [-0.3, -0.25) is 4.57 Å². The van der Waals surface area contributed by atoms with Crippen molar-refractivity contribution in [3.8, 4) is 28.7 Å². The van der Waals surface area contributed by atoms with Crippen LogP contribution in [0.3, 0.4) is 0 Å². The fourth-order valence-corrected chi connectivity index (χ4v) is 6.48. The first kappa shape index (κ1) is 21.2. The van der Waals surface area contributed by atoms with Crippen LogP contribution in [0.5, 0.6) is 0 Å². The molecule has 0 aliphatic rings. The molecule has 0 aliphatic heterocycles. The molecule has 5 heteroatoms. The summed E-state index contributed by atoms with van der Waals surface area (Å²) >= 11 is 1.82. The molecular weight excluding hydrogens is 484 g/mol. The van der Waals surface area contributed by atoms with Crippen molar-refractivity contribution in [1.82, 2.24) is 19.5 Å². The second-order valence-corrected chi connectivity index (χ2v) is 10.4. The molecule has 0 radical (unpaired) electrons. The summed E-state index contributed by atoms with van der Waals surface area (Å²) in [5, 5.41) is 4.87. The average molecular weight is 505 g/mol. The highest BCUT2D eigenvalue weighted by molar-refractivity contribution is 7.26.